The minimum atomic E-state index is -4.72. The number of alkyl halides is 3. The fourth-order valence-electron chi connectivity index (χ4n) is 7.65. The fourth-order valence-corrected chi connectivity index (χ4v) is 7.65. The number of carbonyl (C=O) groups excluding carboxylic acids is 2. The van der Waals surface area contributed by atoms with Crippen molar-refractivity contribution in [1.82, 2.24) is 14.8 Å². The lowest BCUT2D eigenvalue weighted by Crippen LogP contribution is -2.55. The molecule has 242 valence electrons. The summed E-state index contributed by atoms with van der Waals surface area (Å²) in [4.78, 5) is 34.6. The van der Waals surface area contributed by atoms with Gasteiger partial charge in [-0.05, 0) is 75.0 Å². The Kier molecular flexibility index (Phi) is 10.0. The van der Waals surface area contributed by atoms with Crippen LogP contribution in [0.5, 0.6) is 5.75 Å². The van der Waals surface area contributed by atoms with E-state index in [0.717, 1.165) is 30.2 Å². The first-order valence-electron chi connectivity index (χ1n) is 16.3. The van der Waals surface area contributed by atoms with E-state index < -0.39 is 40.7 Å². The number of piperidine rings is 2. The van der Waals surface area contributed by atoms with Crippen molar-refractivity contribution in [2.24, 2.45) is 17.8 Å². The molecule has 1 aromatic carbocycles. The number of pyridine rings is 1. The van der Waals surface area contributed by atoms with E-state index >= 15 is 0 Å². The van der Waals surface area contributed by atoms with Crippen LogP contribution in [0.25, 0.3) is 0 Å². The third-order valence-corrected chi connectivity index (χ3v) is 10.1. The molecule has 1 aromatic heterocycles. The summed E-state index contributed by atoms with van der Waals surface area (Å²) in [5.41, 5.74) is -1.62. The normalized spacial score (nSPS) is 25.1. The van der Waals surface area contributed by atoms with E-state index in [-0.39, 0.29) is 12.5 Å². The second kappa shape index (κ2) is 13.8. The number of ether oxygens (including phenoxy) is 1. The molecule has 3 heterocycles. The summed E-state index contributed by atoms with van der Waals surface area (Å²) in [5, 5.41) is 10.5. The highest BCUT2D eigenvalue weighted by Gasteiger charge is 2.45. The van der Waals surface area contributed by atoms with Crippen LogP contribution < -0.4 is 4.74 Å². The molecule has 4 unspecified atom stereocenters. The summed E-state index contributed by atoms with van der Waals surface area (Å²) in [6.45, 7) is 5.87. The maximum Gasteiger partial charge on any atom is 0.418 e. The van der Waals surface area contributed by atoms with Gasteiger partial charge in [-0.2, -0.15) is 18.4 Å². The minimum Gasteiger partial charge on any atom is -0.493 e. The minimum absolute atomic E-state index is 0.102. The number of para-hydroxylation sites is 1. The molecule has 5 rings (SSSR count). The quantitative estimate of drug-likeness (QED) is 0.315. The van der Waals surface area contributed by atoms with Crippen LogP contribution in [-0.4, -0.2) is 58.9 Å². The highest BCUT2D eigenvalue weighted by Crippen LogP contribution is 2.42. The lowest BCUT2D eigenvalue weighted by molar-refractivity contribution is -0.141. The molecular weight excluding hydrogens is 581 g/mol. The Morgan fingerprint density at radius 1 is 1.09 bits per heavy atom. The monoisotopic (exact) mass is 624 g/mol. The van der Waals surface area contributed by atoms with Gasteiger partial charge < -0.3 is 14.5 Å². The molecular formula is C35H43F3N4O3. The van der Waals surface area contributed by atoms with E-state index in [4.69, 9.17) is 4.74 Å². The fraction of sp³-hybridized carbons (Fsp3) is 0.600. The van der Waals surface area contributed by atoms with Gasteiger partial charge in [-0.3, -0.25) is 14.6 Å². The van der Waals surface area contributed by atoms with Gasteiger partial charge in [0.15, 0.2) is 0 Å². The molecule has 0 spiro atoms. The van der Waals surface area contributed by atoms with Gasteiger partial charge in [0, 0.05) is 37.4 Å². The Morgan fingerprint density at radius 3 is 2.51 bits per heavy atom. The second-order valence-corrected chi connectivity index (χ2v) is 13.1. The Hall–Kier alpha value is -3.61. The molecule has 7 nitrogen and oxygen atoms in total. The molecule has 2 amide bonds. The zero-order valence-electron chi connectivity index (χ0n) is 26.2. The predicted octanol–water partition coefficient (Wildman–Crippen LogP) is 7.02. The first-order valence-corrected chi connectivity index (χ1v) is 16.3. The molecule has 2 saturated heterocycles. The number of carbonyl (C=O) groups is 2. The van der Waals surface area contributed by atoms with Gasteiger partial charge in [-0.1, -0.05) is 44.9 Å². The van der Waals surface area contributed by atoms with Gasteiger partial charge in [0.05, 0.1) is 29.6 Å². The van der Waals surface area contributed by atoms with E-state index in [2.05, 4.69) is 18.0 Å². The van der Waals surface area contributed by atoms with Crippen molar-refractivity contribution >= 4 is 11.8 Å². The highest BCUT2D eigenvalue weighted by molar-refractivity contribution is 5.95. The average molecular weight is 625 g/mol. The third-order valence-electron chi connectivity index (χ3n) is 10.1. The predicted molar refractivity (Wildman–Crippen MR) is 163 cm³/mol. The molecule has 0 radical (unpaired) electrons. The Morgan fingerprint density at radius 2 is 1.84 bits per heavy atom. The van der Waals surface area contributed by atoms with Crippen LogP contribution in [-0.2, 0) is 16.4 Å². The van der Waals surface area contributed by atoms with Crippen molar-refractivity contribution in [3.8, 4) is 11.8 Å². The molecule has 4 atom stereocenters. The molecule has 0 bridgehead atoms. The number of nitriles is 1. The molecule has 1 aliphatic carbocycles. The summed E-state index contributed by atoms with van der Waals surface area (Å²) < 4.78 is 47.5. The number of hydrogen-bond acceptors (Lipinski definition) is 5. The number of rotatable bonds is 8. The Balaban J connectivity index is 1.30. The number of likely N-dealkylation sites (tertiary alicyclic amines) is 2. The first kappa shape index (κ1) is 32.8. The van der Waals surface area contributed by atoms with Crippen LogP contribution in [0.3, 0.4) is 0 Å². The van der Waals surface area contributed by atoms with Crippen molar-refractivity contribution in [3.63, 3.8) is 0 Å². The molecule has 45 heavy (non-hydrogen) atoms. The average Bonchev–Trinajstić information content (AvgIpc) is 3.48. The number of halogens is 3. The van der Waals surface area contributed by atoms with Crippen LogP contribution in [0.2, 0.25) is 0 Å². The molecule has 10 heteroatoms. The van der Waals surface area contributed by atoms with Crippen molar-refractivity contribution in [2.45, 2.75) is 89.3 Å². The van der Waals surface area contributed by atoms with Gasteiger partial charge >= 0.3 is 6.18 Å². The first-order chi connectivity index (χ1) is 21.6. The Bertz CT molecular complexity index is 1400. The van der Waals surface area contributed by atoms with Gasteiger partial charge in [-0.25, -0.2) is 0 Å². The maximum absolute atomic E-state index is 14.0. The molecule has 2 aliphatic heterocycles. The van der Waals surface area contributed by atoms with E-state index in [1.54, 1.807) is 4.90 Å². The van der Waals surface area contributed by atoms with E-state index in [9.17, 15) is 28.0 Å². The van der Waals surface area contributed by atoms with Crippen molar-refractivity contribution in [3.05, 3.63) is 59.4 Å². The van der Waals surface area contributed by atoms with E-state index in [1.807, 2.05) is 31.2 Å². The second-order valence-electron chi connectivity index (χ2n) is 13.1. The van der Waals surface area contributed by atoms with Crippen LogP contribution >= 0.6 is 0 Å². The Labute approximate surface area is 263 Å². The topological polar surface area (TPSA) is 86.5 Å². The van der Waals surface area contributed by atoms with Crippen LogP contribution in [0.15, 0.2) is 42.6 Å². The SMILES string of the molecule is CCCC1C(C(=O)N2CCC(C#N)(c3ccccc3OCC3CCC(C)C3)CC2)CCCN1C(=O)c1ncccc1C(F)(F)F. The number of benzene rings is 1. The molecule has 1 saturated carbocycles. The van der Waals surface area contributed by atoms with Crippen LogP contribution in [0.4, 0.5) is 13.2 Å². The standard InChI is InChI=1S/C35H43F3N4O3/c1-3-8-29-26(9-7-18-42(29)33(44)31-28(35(36,37)38)11-6-17-40-31)32(43)41-19-15-34(23-39,16-20-41)27-10-4-5-12-30(27)45-22-25-14-13-24(2)21-25/h4-6,10-12,17,24-26,29H,3,7-9,13-16,18-22H2,1-2H3. The summed E-state index contributed by atoms with van der Waals surface area (Å²) in [6.07, 6.45) is 3.12. The van der Waals surface area contributed by atoms with E-state index in [1.165, 1.54) is 23.6 Å². The molecule has 0 N–H and O–H groups in total. The van der Waals surface area contributed by atoms with Crippen molar-refractivity contribution in [2.75, 3.05) is 26.2 Å². The largest absolute Gasteiger partial charge is 0.493 e. The van der Waals surface area contributed by atoms with Gasteiger partial charge in [-0.15, -0.1) is 0 Å². The van der Waals surface area contributed by atoms with Gasteiger partial charge in [0.1, 0.15) is 11.4 Å². The van der Waals surface area contributed by atoms with Crippen LogP contribution in [0.1, 0.15) is 93.3 Å². The zero-order chi connectivity index (χ0) is 32.2. The number of nitrogens with zero attached hydrogens (tertiary/aromatic N) is 4. The summed E-state index contributed by atoms with van der Waals surface area (Å²) in [5.74, 6) is 0.538. The summed E-state index contributed by atoms with van der Waals surface area (Å²) >= 11 is 0. The van der Waals surface area contributed by atoms with Gasteiger partial charge in [0.25, 0.3) is 5.91 Å². The van der Waals surface area contributed by atoms with E-state index in [0.29, 0.717) is 70.1 Å². The smallest absolute Gasteiger partial charge is 0.418 e. The number of aromatic nitrogens is 1. The lowest BCUT2D eigenvalue weighted by atomic mass is 9.73. The zero-order valence-corrected chi connectivity index (χ0v) is 26.2. The summed E-state index contributed by atoms with van der Waals surface area (Å²) in [6, 6.07) is 11.8. The van der Waals surface area contributed by atoms with Crippen molar-refractivity contribution < 1.29 is 27.5 Å². The molecule has 2 aromatic rings. The third kappa shape index (κ3) is 6.97. The molecule has 3 fully saturated rings. The number of hydrogen-bond donors (Lipinski definition) is 0. The van der Waals surface area contributed by atoms with Crippen LogP contribution in [0, 0.1) is 29.1 Å². The number of amides is 2. The lowest BCUT2D eigenvalue weighted by Gasteiger charge is -2.44. The summed E-state index contributed by atoms with van der Waals surface area (Å²) in [7, 11) is 0. The maximum atomic E-state index is 14.0. The molecule has 3 aliphatic rings. The van der Waals surface area contributed by atoms with Gasteiger partial charge in [0.2, 0.25) is 5.91 Å². The van der Waals surface area contributed by atoms with Crippen molar-refractivity contribution in [1.29, 1.82) is 5.26 Å². The highest BCUT2D eigenvalue weighted by atomic mass is 19.4.